The largest absolute Gasteiger partial charge is 0.480 e. The summed E-state index contributed by atoms with van der Waals surface area (Å²) < 4.78 is 13.0. The highest BCUT2D eigenvalue weighted by Gasteiger charge is 2.30. The van der Waals surface area contributed by atoms with Gasteiger partial charge in [0.25, 0.3) is 0 Å². The summed E-state index contributed by atoms with van der Waals surface area (Å²) in [5.74, 6) is -2.24. The molecule has 0 aromatic heterocycles. The van der Waals surface area contributed by atoms with Crippen molar-refractivity contribution in [3.05, 3.63) is 35.6 Å². The third-order valence-corrected chi connectivity index (χ3v) is 2.85. The molecule has 19 heavy (non-hydrogen) atoms. The van der Waals surface area contributed by atoms with Gasteiger partial charge in [0.2, 0.25) is 5.91 Å². The topological polar surface area (TPSA) is 66.4 Å². The molecule has 0 aliphatic carbocycles. The molecule has 1 aromatic rings. The molecule has 2 N–H and O–H groups in total. The number of rotatable bonds is 5. The molecule has 0 aliphatic heterocycles. The van der Waals surface area contributed by atoms with Crippen LogP contribution in [-0.4, -0.2) is 22.5 Å². The zero-order valence-corrected chi connectivity index (χ0v) is 11.2. The summed E-state index contributed by atoms with van der Waals surface area (Å²) >= 11 is 0. The Morgan fingerprint density at radius 3 is 2.58 bits per heavy atom. The predicted molar refractivity (Wildman–Crippen MR) is 69.1 cm³/mol. The van der Waals surface area contributed by atoms with Crippen LogP contribution in [0.1, 0.15) is 26.3 Å². The highest BCUT2D eigenvalue weighted by Crippen LogP contribution is 2.12. The Morgan fingerprint density at radius 1 is 1.42 bits per heavy atom. The van der Waals surface area contributed by atoms with Crippen LogP contribution in [0.5, 0.6) is 0 Å². The van der Waals surface area contributed by atoms with Gasteiger partial charge in [-0.05, 0) is 38.0 Å². The van der Waals surface area contributed by atoms with E-state index in [1.807, 2.05) is 0 Å². The second kappa shape index (κ2) is 5.82. The Labute approximate surface area is 111 Å². The summed E-state index contributed by atoms with van der Waals surface area (Å²) in [7, 11) is 0. The molecule has 0 radical (unpaired) electrons. The molecular weight excluding hydrogens is 249 g/mol. The number of carboxylic acid groups (broad SMARTS) is 1. The number of halogens is 1. The molecular formula is C14H18FNO3. The smallest absolute Gasteiger partial charge is 0.328 e. The Kier molecular flexibility index (Phi) is 4.64. The lowest BCUT2D eigenvalue weighted by atomic mass is 9.98. The lowest BCUT2D eigenvalue weighted by molar-refractivity contribution is -0.146. The molecule has 1 rings (SSSR count). The van der Waals surface area contributed by atoms with Crippen molar-refractivity contribution in [3.63, 3.8) is 0 Å². The van der Waals surface area contributed by atoms with Crippen LogP contribution in [0, 0.1) is 11.7 Å². The fourth-order valence-corrected chi connectivity index (χ4v) is 1.59. The zero-order valence-electron chi connectivity index (χ0n) is 11.2. The minimum atomic E-state index is -1.31. The quantitative estimate of drug-likeness (QED) is 0.857. The average molecular weight is 267 g/mol. The Bertz CT molecular complexity index is 485. The van der Waals surface area contributed by atoms with Gasteiger partial charge in [-0.3, -0.25) is 4.79 Å². The molecule has 0 saturated heterocycles. The Morgan fingerprint density at radius 2 is 2.05 bits per heavy atom. The van der Waals surface area contributed by atoms with Gasteiger partial charge in [0.05, 0.1) is 0 Å². The van der Waals surface area contributed by atoms with Crippen LogP contribution < -0.4 is 5.32 Å². The normalized spacial score (nSPS) is 12.8. The van der Waals surface area contributed by atoms with E-state index in [4.69, 9.17) is 5.11 Å². The van der Waals surface area contributed by atoms with Crippen LogP contribution in [0.4, 0.5) is 4.39 Å². The van der Waals surface area contributed by atoms with Gasteiger partial charge in [-0.1, -0.05) is 19.1 Å². The summed E-state index contributed by atoms with van der Waals surface area (Å²) in [4.78, 5) is 22.8. The van der Waals surface area contributed by atoms with E-state index in [1.165, 1.54) is 26.0 Å². The number of nitrogens with one attached hydrogen (secondary N) is 1. The summed E-state index contributed by atoms with van der Waals surface area (Å²) in [6, 6.07) is 6.01. The number of carbonyl (C=O) groups is 2. The predicted octanol–water partition coefficient (Wildman–Crippen LogP) is 1.98. The molecule has 0 saturated carbocycles. The van der Waals surface area contributed by atoms with Crippen LogP contribution in [0.2, 0.25) is 0 Å². The number of aliphatic carboxylic acids is 1. The molecule has 1 unspecified atom stereocenters. The van der Waals surface area contributed by atoms with Crippen molar-refractivity contribution < 1.29 is 19.1 Å². The Balaban J connectivity index is 2.66. The molecule has 4 nitrogen and oxygen atoms in total. The molecule has 0 aliphatic rings. The molecule has 0 bridgehead atoms. The van der Waals surface area contributed by atoms with E-state index in [9.17, 15) is 14.0 Å². The van der Waals surface area contributed by atoms with Crippen molar-refractivity contribution in [2.45, 2.75) is 32.7 Å². The van der Waals surface area contributed by atoms with Crippen molar-refractivity contribution >= 4 is 11.9 Å². The molecule has 1 amide bonds. The molecule has 104 valence electrons. The number of amides is 1. The minimum absolute atomic E-state index is 0.351. The van der Waals surface area contributed by atoms with E-state index in [0.29, 0.717) is 12.0 Å². The highest BCUT2D eigenvalue weighted by molar-refractivity contribution is 5.87. The van der Waals surface area contributed by atoms with Gasteiger partial charge >= 0.3 is 5.97 Å². The summed E-state index contributed by atoms with van der Waals surface area (Å²) in [5, 5.41) is 11.4. The molecule has 1 atom stereocenters. The minimum Gasteiger partial charge on any atom is -0.480 e. The first kappa shape index (κ1) is 15.1. The highest BCUT2D eigenvalue weighted by atomic mass is 19.1. The SMILES string of the molecule is CC(Cc1cccc(F)c1)C(=O)NC(C)(C)C(=O)O. The summed E-state index contributed by atoms with van der Waals surface area (Å²) in [6.07, 6.45) is 0.360. The number of carboxylic acids is 1. The van der Waals surface area contributed by atoms with E-state index in [1.54, 1.807) is 19.1 Å². The first-order valence-electron chi connectivity index (χ1n) is 6.02. The van der Waals surface area contributed by atoms with Crippen molar-refractivity contribution in [3.8, 4) is 0 Å². The van der Waals surface area contributed by atoms with Gasteiger partial charge < -0.3 is 10.4 Å². The maximum atomic E-state index is 13.0. The maximum absolute atomic E-state index is 13.0. The van der Waals surface area contributed by atoms with Crippen LogP contribution in [0.15, 0.2) is 24.3 Å². The monoisotopic (exact) mass is 267 g/mol. The maximum Gasteiger partial charge on any atom is 0.328 e. The third kappa shape index (κ3) is 4.35. The fourth-order valence-electron chi connectivity index (χ4n) is 1.59. The van der Waals surface area contributed by atoms with Gasteiger partial charge in [-0.25, -0.2) is 9.18 Å². The molecule has 5 heteroatoms. The average Bonchev–Trinajstić information content (AvgIpc) is 2.28. The molecule has 1 aromatic carbocycles. The van der Waals surface area contributed by atoms with Crippen LogP contribution >= 0.6 is 0 Å². The fraction of sp³-hybridized carbons (Fsp3) is 0.429. The van der Waals surface area contributed by atoms with Gasteiger partial charge in [0.15, 0.2) is 0 Å². The number of carbonyl (C=O) groups excluding carboxylic acids is 1. The van der Waals surface area contributed by atoms with Gasteiger partial charge in [0.1, 0.15) is 11.4 Å². The van der Waals surface area contributed by atoms with E-state index in [2.05, 4.69) is 5.32 Å². The van der Waals surface area contributed by atoms with Crippen LogP contribution in [0.3, 0.4) is 0 Å². The Hall–Kier alpha value is -1.91. The van der Waals surface area contributed by atoms with E-state index in [0.717, 1.165) is 0 Å². The molecule has 0 spiro atoms. The van der Waals surface area contributed by atoms with E-state index < -0.39 is 17.4 Å². The first-order chi connectivity index (χ1) is 8.72. The summed E-state index contributed by atoms with van der Waals surface area (Å²) in [5.41, 5.74) is -0.608. The van der Waals surface area contributed by atoms with Gasteiger partial charge in [-0.2, -0.15) is 0 Å². The van der Waals surface area contributed by atoms with Crippen LogP contribution in [-0.2, 0) is 16.0 Å². The van der Waals surface area contributed by atoms with E-state index in [-0.39, 0.29) is 11.7 Å². The van der Waals surface area contributed by atoms with Gasteiger partial charge in [0, 0.05) is 5.92 Å². The standard InChI is InChI=1S/C14H18FNO3/c1-9(7-10-5-4-6-11(15)8-10)12(17)16-14(2,3)13(18)19/h4-6,8-9H,7H2,1-3H3,(H,16,17)(H,18,19). The number of hydrogen-bond donors (Lipinski definition) is 2. The van der Waals surface area contributed by atoms with E-state index >= 15 is 0 Å². The lowest BCUT2D eigenvalue weighted by Crippen LogP contribution is -2.51. The van der Waals surface area contributed by atoms with Crippen LogP contribution in [0.25, 0.3) is 0 Å². The molecule has 0 fully saturated rings. The van der Waals surface area contributed by atoms with Crippen molar-refractivity contribution in [2.75, 3.05) is 0 Å². The second-order valence-electron chi connectivity index (χ2n) is 5.15. The second-order valence-corrected chi connectivity index (χ2v) is 5.15. The van der Waals surface area contributed by atoms with Crippen molar-refractivity contribution in [1.29, 1.82) is 0 Å². The third-order valence-electron chi connectivity index (χ3n) is 2.85. The van der Waals surface area contributed by atoms with Gasteiger partial charge in [-0.15, -0.1) is 0 Å². The molecule has 0 heterocycles. The lowest BCUT2D eigenvalue weighted by Gasteiger charge is -2.23. The number of benzene rings is 1. The zero-order chi connectivity index (χ0) is 14.6. The number of hydrogen-bond acceptors (Lipinski definition) is 2. The van der Waals surface area contributed by atoms with Crippen molar-refractivity contribution in [2.24, 2.45) is 5.92 Å². The summed E-state index contributed by atoms with van der Waals surface area (Å²) in [6.45, 7) is 4.52. The van der Waals surface area contributed by atoms with Crippen molar-refractivity contribution in [1.82, 2.24) is 5.32 Å². The first-order valence-corrected chi connectivity index (χ1v) is 6.02.